The van der Waals surface area contributed by atoms with Crippen molar-refractivity contribution in [1.82, 2.24) is 0 Å². The van der Waals surface area contributed by atoms with Crippen molar-refractivity contribution in [2.45, 2.75) is 50.0 Å². The monoisotopic (exact) mass is 338 g/mol. The van der Waals surface area contributed by atoms with E-state index in [0.717, 1.165) is 5.69 Å². The number of morpholine rings is 1. The fraction of sp³-hybridized carbons (Fsp3) is 0.600. The van der Waals surface area contributed by atoms with E-state index in [-0.39, 0.29) is 22.8 Å². The van der Waals surface area contributed by atoms with Crippen LogP contribution in [0.4, 0.5) is 11.4 Å². The number of azide groups is 1. The van der Waals surface area contributed by atoms with Crippen molar-refractivity contribution >= 4 is 21.2 Å². The van der Waals surface area contributed by atoms with Gasteiger partial charge in [-0.3, -0.25) is 0 Å². The van der Waals surface area contributed by atoms with Gasteiger partial charge in [-0.25, -0.2) is 8.42 Å². The molecule has 126 valence electrons. The summed E-state index contributed by atoms with van der Waals surface area (Å²) < 4.78 is 30.5. The Kier molecular flexibility index (Phi) is 5.19. The zero-order chi connectivity index (χ0) is 17.2. The average Bonchev–Trinajstić information content (AvgIpc) is 2.46. The molecule has 0 bridgehead atoms. The van der Waals surface area contributed by atoms with Gasteiger partial charge in [-0.1, -0.05) is 5.11 Å². The van der Waals surface area contributed by atoms with Crippen LogP contribution in [0.3, 0.4) is 0 Å². The second-order valence-electron chi connectivity index (χ2n) is 6.10. The molecule has 1 fully saturated rings. The van der Waals surface area contributed by atoms with Crippen LogP contribution in [0.5, 0.6) is 0 Å². The van der Waals surface area contributed by atoms with Crippen LogP contribution < -0.4 is 4.90 Å². The van der Waals surface area contributed by atoms with E-state index in [9.17, 15) is 8.42 Å². The fourth-order valence-corrected chi connectivity index (χ4v) is 3.87. The maximum Gasteiger partial charge on any atom is 0.181 e. The van der Waals surface area contributed by atoms with E-state index in [2.05, 4.69) is 14.9 Å². The normalized spacial score (nSPS) is 22.0. The molecule has 0 aromatic heterocycles. The minimum atomic E-state index is -3.51. The highest BCUT2D eigenvalue weighted by Gasteiger charge is 2.26. The first-order chi connectivity index (χ1) is 10.8. The van der Waals surface area contributed by atoms with E-state index in [0.29, 0.717) is 13.1 Å². The van der Waals surface area contributed by atoms with E-state index < -0.39 is 15.1 Å². The lowest BCUT2D eigenvalue weighted by atomic mass is 10.2. The van der Waals surface area contributed by atoms with Crippen LogP contribution in [-0.4, -0.2) is 39.0 Å². The van der Waals surface area contributed by atoms with Gasteiger partial charge in [-0.2, -0.15) is 0 Å². The van der Waals surface area contributed by atoms with Gasteiger partial charge < -0.3 is 9.64 Å². The molecule has 0 amide bonds. The van der Waals surface area contributed by atoms with Crippen LogP contribution in [0, 0.1) is 0 Å². The number of sulfone groups is 1. The maximum atomic E-state index is 12.4. The SMILES string of the molecule is CC1CN(c2ccc(S(=O)(=O)C(C)C)c(N=[N+]=[N-])c2)CC(C)O1. The summed E-state index contributed by atoms with van der Waals surface area (Å²) >= 11 is 0. The van der Waals surface area contributed by atoms with Gasteiger partial charge in [0.15, 0.2) is 9.84 Å². The first-order valence-corrected chi connectivity index (χ1v) is 9.13. The first-order valence-electron chi connectivity index (χ1n) is 7.59. The number of anilines is 1. The summed E-state index contributed by atoms with van der Waals surface area (Å²) in [6.07, 6.45) is 0.168. The second kappa shape index (κ2) is 6.78. The predicted molar refractivity (Wildman–Crippen MR) is 89.8 cm³/mol. The highest BCUT2D eigenvalue weighted by molar-refractivity contribution is 7.92. The van der Waals surface area contributed by atoms with Crippen LogP contribution in [0.25, 0.3) is 10.4 Å². The molecule has 1 aromatic rings. The maximum absolute atomic E-state index is 12.4. The molecule has 2 rings (SSSR count). The molecule has 0 radical (unpaired) electrons. The van der Waals surface area contributed by atoms with Crippen molar-refractivity contribution in [2.75, 3.05) is 18.0 Å². The quantitative estimate of drug-likeness (QED) is 0.477. The van der Waals surface area contributed by atoms with E-state index in [1.165, 1.54) is 6.07 Å². The number of hydrogen-bond donors (Lipinski definition) is 0. The van der Waals surface area contributed by atoms with Gasteiger partial charge >= 0.3 is 0 Å². The largest absolute Gasteiger partial charge is 0.372 e. The van der Waals surface area contributed by atoms with Crippen molar-refractivity contribution < 1.29 is 13.2 Å². The third-order valence-electron chi connectivity index (χ3n) is 3.81. The molecule has 2 unspecified atom stereocenters. The van der Waals surface area contributed by atoms with E-state index in [1.54, 1.807) is 26.0 Å². The van der Waals surface area contributed by atoms with Crippen molar-refractivity contribution in [3.05, 3.63) is 28.6 Å². The Balaban J connectivity index is 2.46. The van der Waals surface area contributed by atoms with Crippen LogP contribution in [0.15, 0.2) is 28.2 Å². The van der Waals surface area contributed by atoms with E-state index in [4.69, 9.17) is 10.3 Å². The summed E-state index contributed by atoms with van der Waals surface area (Å²) in [5, 5.41) is 3.01. The zero-order valence-electron chi connectivity index (χ0n) is 13.8. The minimum Gasteiger partial charge on any atom is -0.372 e. The third kappa shape index (κ3) is 3.77. The fourth-order valence-electron chi connectivity index (χ4n) is 2.71. The Bertz CT molecular complexity index is 716. The molecule has 23 heavy (non-hydrogen) atoms. The topological polar surface area (TPSA) is 95.4 Å². The molecular weight excluding hydrogens is 316 g/mol. The smallest absolute Gasteiger partial charge is 0.181 e. The lowest BCUT2D eigenvalue weighted by Crippen LogP contribution is -2.45. The predicted octanol–water partition coefficient (Wildman–Crippen LogP) is 3.42. The van der Waals surface area contributed by atoms with Gasteiger partial charge in [0.25, 0.3) is 0 Å². The van der Waals surface area contributed by atoms with Gasteiger partial charge in [0.05, 0.1) is 28.0 Å². The Morgan fingerprint density at radius 1 is 1.30 bits per heavy atom. The van der Waals surface area contributed by atoms with Crippen LogP contribution in [0.1, 0.15) is 27.7 Å². The first kappa shape index (κ1) is 17.6. The lowest BCUT2D eigenvalue weighted by Gasteiger charge is -2.37. The molecule has 1 saturated heterocycles. The van der Waals surface area contributed by atoms with Gasteiger partial charge in [-0.15, -0.1) is 0 Å². The van der Waals surface area contributed by atoms with E-state index >= 15 is 0 Å². The summed E-state index contributed by atoms with van der Waals surface area (Å²) in [5.41, 5.74) is 9.74. The van der Waals surface area contributed by atoms with Gasteiger partial charge in [0, 0.05) is 23.7 Å². The van der Waals surface area contributed by atoms with Crippen molar-refractivity contribution in [2.24, 2.45) is 5.11 Å². The third-order valence-corrected chi connectivity index (χ3v) is 6.01. The molecule has 1 heterocycles. The molecule has 0 N–H and O–H groups in total. The Labute approximate surface area is 136 Å². The number of rotatable bonds is 4. The molecule has 1 aliphatic heterocycles. The average molecular weight is 338 g/mol. The lowest BCUT2D eigenvalue weighted by molar-refractivity contribution is -0.00521. The number of nitrogens with zero attached hydrogens (tertiary/aromatic N) is 4. The summed E-state index contributed by atoms with van der Waals surface area (Å²) in [5.74, 6) is 0. The summed E-state index contributed by atoms with van der Waals surface area (Å²) in [4.78, 5) is 4.96. The van der Waals surface area contributed by atoms with Gasteiger partial charge in [0.1, 0.15) is 0 Å². The van der Waals surface area contributed by atoms with Crippen LogP contribution in [0.2, 0.25) is 0 Å². The molecule has 8 heteroatoms. The van der Waals surface area contributed by atoms with Gasteiger partial charge in [-0.05, 0) is 51.4 Å². The molecule has 0 aliphatic carbocycles. The van der Waals surface area contributed by atoms with Crippen molar-refractivity contribution in [3.8, 4) is 0 Å². The molecule has 1 aliphatic rings. The molecule has 0 spiro atoms. The Morgan fingerprint density at radius 2 is 1.91 bits per heavy atom. The number of ether oxygens (including phenoxy) is 1. The standard InChI is InChI=1S/C15H22N4O3S/c1-10(2)23(20,21)15-6-5-13(7-14(15)17-18-16)19-8-11(3)22-12(4)9-19/h5-7,10-12H,8-9H2,1-4H3. The summed E-state index contributed by atoms with van der Waals surface area (Å²) in [7, 11) is -3.51. The number of hydrogen-bond acceptors (Lipinski definition) is 5. The van der Waals surface area contributed by atoms with Crippen LogP contribution >= 0.6 is 0 Å². The zero-order valence-corrected chi connectivity index (χ0v) is 14.6. The molecule has 2 atom stereocenters. The second-order valence-corrected chi connectivity index (χ2v) is 8.57. The summed E-state index contributed by atoms with van der Waals surface area (Å²) in [6.45, 7) is 8.61. The van der Waals surface area contributed by atoms with Crippen LogP contribution in [-0.2, 0) is 14.6 Å². The van der Waals surface area contributed by atoms with E-state index in [1.807, 2.05) is 13.8 Å². The van der Waals surface area contributed by atoms with Crippen molar-refractivity contribution in [1.29, 1.82) is 0 Å². The Morgan fingerprint density at radius 3 is 2.43 bits per heavy atom. The minimum absolute atomic E-state index is 0.0726. The highest BCUT2D eigenvalue weighted by atomic mass is 32.2. The Hall–Kier alpha value is -1.76. The molecule has 1 aromatic carbocycles. The molecule has 0 saturated carbocycles. The molecular formula is C15H22N4O3S. The molecule has 7 nitrogen and oxygen atoms in total. The number of benzene rings is 1. The highest BCUT2D eigenvalue weighted by Crippen LogP contribution is 2.33. The summed E-state index contributed by atoms with van der Waals surface area (Å²) in [6, 6.07) is 4.93. The van der Waals surface area contributed by atoms with Crippen molar-refractivity contribution in [3.63, 3.8) is 0 Å². The van der Waals surface area contributed by atoms with Gasteiger partial charge in [0.2, 0.25) is 0 Å².